The normalized spacial score (nSPS) is 14.5. The van der Waals surface area contributed by atoms with Gasteiger partial charge in [-0.1, -0.05) is 17.7 Å². The molecule has 1 aliphatic rings. The van der Waals surface area contributed by atoms with Crippen molar-refractivity contribution in [3.8, 4) is 5.75 Å². The maximum atomic E-state index is 13.1. The van der Waals surface area contributed by atoms with Crippen molar-refractivity contribution in [2.45, 2.75) is 12.8 Å². The highest BCUT2D eigenvalue weighted by molar-refractivity contribution is 6.31. The van der Waals surface area contributed by atoms with Gasteiger partial charge in [0.15, 0.2) is 0 Å². The van der Waals surface area contributed by atoms with E-state index in [0.717, 1.165) is 11.0 Å². The summed E-state index contributed by atoms with van der Waals surface area (Å²) in [6.07, 6.45) is -3.35. The van der Waals surface area contributed by atoms with Gasteiger partial charge in [-0.3, -0.25) is 4.79 Å². The first-order valence-corrected chi connectivity index (χ1v) is 7.69. The summed E-state index contributed by atoms with van der Waals surface area (Å²) in [6.45, 7) is -0.538. The standard InChI is InChI=1S/C16H11ClF3N3O3/c17-12-3-1-2-11(16(18,19)20)10(12)8-26-9-4-5-13(21-6-9)23-14(24)7-22-15(23)25/h1-6H,7-8H2,(H,22,25). The molecule has 1 aromatic carbocycles. The Bertz CT molecular complexity index is 840. The predicted octanol–water partition coefficient (Wildman–Crippen LogP) is 3.39. The summed E-state index contributed by atoms with van der Waals surface area (Å²) in [5.74, 6) is -0.207. The molecule has 1 saturated heterocycles. The summed E-state index contributed by atoms with van der Waals surface area (Å²) in [4.78, 5) is 27.9. The van der Waals surface area contributed by atoms with Gasteiger partial charge in [-0.15, -0.1) is 0 Å². The zero-order valence-corrected chi connectivity index (χ0v) is 13.8. The zero-order chi connectivity index (χ0) is 18.9. The van der Waals surface area contributed by atoms with E-state index in [-0.39, 0.29) is 28.7 Å². The number of ether oxygens (including phenoxy) is 1. The number of carbonyl (C=O) groups is 2. The van der Waals surface area contributed by atoms with E-state index in [1.54, 1.807) is 0 Å². The number of alkyl halides is 3. The molecule has 0 bridgehead atoms. The van der Waals surface area contributed by atoms with Crippen molar-refractivity contribution in [1.82, 2.24) is 10.3 Å². The fourth-order valence-electron chi connectivity index (χ4n) is 2.37. The summed E-state index contributed by atoms with van der Waals surface area (Å²) in [5, 5.41) is 2.28. The maximum absolute atomic E-state index is 13.1. The van der Waals surface area contributed by atoms with Crippen LogP contribution in [-0.2, 0) is 17.6 Å². The molecule has 1 aromatic heterocycles. The van der Waals surface area contributed by atoms with Crippen molar-refractivity contribution in [2.75, 3.05) is 11.4 Å². The molecule has 0 unspecified atom stereocenters. The Morgan fingerprint density at radius 3 is 2.58 bits per heavy atom. The molecule has 0 atom stereocenters. The lowest BCUT2D eigenvalue weighted by atomic mass is 10.1. The van der Waals surface area contributed by atoms with Crippen molar-refractivity contribution in [1.29, 1.82) is 0 Å². The molecular formula is C16H11ClF3N3O3. The number of urea groups is 1. The van der Waals surface area contributed by atoms with E-state index in [1.807, 2.05) is 0 Å². The minimum Gasteiger partial charge on any atom is -0.487 e. The molecule has 1 fully saturated rings. The fraction of sp³-hybridized carbons (Fsp3) is 0.188. The molecule has 0 radical (unpaired) electrons. The molecule has 1 aliphatic heterocycles. The first-order chi connectivity index (χ1) is 12.3. The second kappa shape index (κ2) is 6.83. The van der Waals surface area contributed by atoms with Crippen LogP contribution >= 0.6 is 11.6 Å². The van der Waals surface area contributed by atoms with Crippen LogP contribution in [0.4, 0.5) is 23.8 Å². The van der Waals surface area contributed by atoms with Crippen LogP contribution in [0.5, 0.6) is 5.75 Å². The third-order valence-electron chi connectivity index (χ3n) is 3.60. The van der Waals surface area contributed by atoms with Gasteiger partial charge in [-0.25, -0.2) is 14.7 Å². The van der Waals surface area contributed by atoms with Gasteiger partial charge in [0.2, 0.25) is 0 Å². The number of halogens is 4. The van der Waals surface area contributed by atoms with Crippen molar-refractivity contribution in [3.05, 3.63) is 52.7 Å². The van der Waals surface area contributed by atoms with Crippen LogP contribution in [0.2, 0.25) is 5.02 Å². The van der Waals surface area contributed by atoms with Gasteiger partial charge in [-0.2, -0.15) is 13.2 Å². The lowest BCUT2D eigenvalue weighted by Crippen LogP contribution is -2.31. The number of benzene rings is 1. The minimum atomic E-state index is -4.56. The first-order valence-electron chi connectivity index (χ1n) is 7.31. The molecule has 3 amide bonds. The van der Waals surface area contributed by atoms with Gasteiger partial charge in [0.25, 0.3) is 5.91 Å². The predicted molar refractivity (Wildman–Crippen MR) is 85.9 cm³/mol. The van der Waals surface area contributed by atoms with Crippen LogP contribution < -0.4 is 15.0 Å². The molecular weight excluding hydrogens is 375 g/mol. The molecule has 2 heterocycles. The highest BCUT2D eigenvalue weighted by Crippen LogP contribution is 2.35. The van der Waals surface area contributed by atoms with E-state index in [4.69, 9.17) is 16.3 Å². The van der Waals surface area contributed by atoms with E-state index < -0.39 is 30.3 Å². The van der Waals surface area contributed by atoms with Crippen molar-refractivity contribution < 1.29 is 27.5 Å². The molecule has 0 spiro atoms. The Kier molecular flexibility index (Phi) is 4.73. The van der Waals surface area contributed by atoms with Gasteiger partial charge in [0.1, 0.15) is 18.2 Å². The molecule has 2 aromatic rings. The van der Waals surface area contributed by atoms with Crippen LogP contribution in [0.15, 0.2) is 36.5 Å². The molecule has 26 heavy (non-hydrogen) atoms. The number of hydrogen-bond acceptors (Lipinski definition) is 4. The zero-order valence-electron chi connectivity index (χ0n) is 13.0. The molecule has 0 saturated carbocycles. The largest absolute Gasteiger partial charge is 0.487 e. The van der Waals surface area contributed by atoms with Crippen LogP contribution in [0.25, 0.3) is 0 Å². The van der Waals surface area contributed by atoms with Gasteiger partial charge >= 0.3 is 12.2 Å². The number of rotatable bonds is 4. The summed E-state index contributed by atoms with van der Waals surface area (Å²) >= 11 is 5.86. The van der Waals surface area contributed by atoms with Crippen molar-refractivity contribution >= 4 is 29.4 Å². The number of pyridine rings is 1. The van der Waals surface area contributed by atoms with E-state index in [1.165, 1.54) is 30.5 Å². The third-order valence-corrected chi connectivity index (χ3v) is 3.95. The highest BCUT2D eigenvalue weighted by Gasteiger charge is 2.34. The SMILES string of the molecule is O=C1CNC(=O)N1c1ccc(OCc2c(Cl)cccc2C(F)(F)F)cn1. The number of nitrogens with one attached hydrogen (secondary N) is 1. The summed E-state index contributed by atoms with van der Waals surface area (Å²) in [5.41, 5.74) is -1.08. The number of aromatic nitrogens is 1. The van der Waals surface area contributed by atoms with Gasteiger partial charge < -0.3 is 10.1 Å². The number of nitrogens with zero attached hydrogens (tertiary/aromatic N) is 2. The van der Waals surface area contributed by atoms with Crippen LogP contribution in [0, 0.1) is 0 Å². The van der Waals surface area contributed by atoms with E-state index in [9.17, 15) is 22.8 Å². The topological polar surface area (TPSA) is 71.5 Å². The third kappa shape index (κ3) is 3.57. The van der Waals surface area contributed by atoms with Crippen LogP contribution in [-0.4, -0.2) is 23.5 Å². The fourth-order valence-corrected chi connectivity index (χ4v) is 2.60. The maximum Gasteiger partial charge on any atom is 0.416 e. The first kappa shape index (κ1) is 18.0. The van der Waals surface area contributed by atoms with Crippen LogP contribution in [0.1, 0.15) is 11.1 Å². The molecule has 0 aliphatic carbocycles. The second-order valence-electron chi connectivity index (χ2n) is 5.29. The second-order valence-corrected chi connectivity index (χ2v) is 5.70. The Balaban J connectivity index is 1.76. The number of anilines is 1. The van der Waals surface area contributed by atoms with Gasteiger partial charge in [0.05, 0.1) is 18.3 Å². The molecule has 3 rings (SSSR count). The smallest absolute Gasteiger partial charge is 0.416 e. The number of carbonyl (C=O) groups excluding carboxylic acids is 2. The van der Waals surface area contributed by atoms with Crippen LogP contribution in [0.3, 0.4) is 0 Å². The highest BCUT2D eigenvalue weighted by atomic mass is 35.5. The Labute approximate surface area is 150 Å². The molecule has 136 valence electrons. The van der Waals surface area contributed by atoms with E-state index in [2.05, 4.69) is 10.3 Å². The van der Waals surface area contributed by atoms with Gasteiger partial charge in [-0.05, 0) is 24.3 Å². The van der Waals surface area contributed by atoms with E-state index in [0.29, 0.717) is 0 Å². The number of hydrogen-bond donors (Lipinski definition) is 1. The number of imide groups is 1. The molecule has 1 N–H and O–H groups in total. The lowest BCUT2D eigenvalue weighted by Gasteiger charge is -2.15. The molecule has 6 nitrogen and oxygen atoms in total. The average molecular weight is 386 g/mol. The summed E-state index contributed by atoms with van der Waals surface area (Å²) < 4.78 is 44.5. The summed E-state index contributed by atoms with van der Waals surface area (Å²) in [6, 6.07) is 5.63. The minimum absolute atomic E-state index is 0.0660. The quantitative estimate of drug-likeness (QED) is 0.819. The molecule has 10 heteroatoms. The van der Waals surface area contributed by atoms with Gasteiger partial charge in [0, 0.05) is 10.6 Å². The summed E-state index contributed by atoms with van der Waals surface area (Å²) in [7, 11) is 0. The van der Waals surface area contributed by atoms with Crippen molar-refractivity contribution in [3.63, 3.8) is 0 Å². The average Bonchev–Trinajstić information content (AvgIpc) is 2.92. The monoisotopic (exact) mass is 385 g/mol. The Morgan fingerprint density at radius 2 is 2.00 bits per heavy atom. The number of amides is 3. The Morgan fingerprint density at radius 1 is 1.23 bits per heavy atom. The Hall–Kier alpha value is -2.81. The lowest BCUT2D eigenvalue weighted by molar-refractivity contribution is -0.138. The van der Waals surface area contributed by atoms with Crippen molar-refractivity contribution in [2.24, 2.45) is 0 Å². The van der Waals surface area contributed by atoms with E-state index >= 15 is 0 Å².